The van der Waals surface area contributed by atoms with Crippen LogP contribution in [0.5, 0.6) is 0 Å². The van der Waals surface area contributed by atoms with Crippen molar-refractivity contribution >= 4 is 11.8 Å². The van der Waals surface area contributed by atoms with Crippen molar-refractivity contribution in [2.24, 2.45) is 0 Å². The fourth-order valence-electron chi connectivity index (χ4n) is 1.51. The molecular weight excluding hydrogens is 204 g/mol. The second-order valence-corrected chi connectivity index (χ2v) is 3.41. The molecule has 1 aliphatic rings. The minimum atomic E-state index is -0.313. The van der Waals surface area contributed by atoms with Gasteiger partial charge in [-0.25, -0.2) is 0 Å². The van der Waals surface area contributed by atoms with E-state index in [4.69, 9.17) is 5.26 Å². The number of benzene rings is 1. The molecule has 2 amide bonds. The van der Waals surface area contributed by atoms with Crippen molar-refractivity contribution in [3.8, 4) is 6.07 Å². The van der Waals surface area contributed by atoms with Gasteiger partial charge in [-0.2, -0.15) is 5.26 Å². The molecule has 0 saturated heterocycles. The van der Waals surface area contributed by atoms with Crippen LogP contribution < -0.4 is 0 Å². The Morgan fingerprint density at radius 2 is 1.88 bits per heavy atom. The van der Waals surface area contributed by atoms with E-state index in [0.717, 1.165) is 10.5 Å². The minimum Gasteiger partial charge on any atom is -0.271 e. The summed E-state index contributed by atoms with van der Waals surface area (Å²) >= 11 is 0. The summed E-state index contributed by atoms with van der Waals surface area (Å²) in [7, 11) is 0. The predicted molar refractivity (Wildman–Crippen MR) is 55.9 cm³/mol. The molecule has 0 unspecified atom stereocenters. The summed E-state index contributed by atoms with van der Waals surface area (Å²) in [6.45, 7) is 0.209. The van der Waals surface area contributed by atoms with Gasteiger partial charge in [-0.05, 0) is 17.7 Å². The molecule has 0 fully saturated rings. The minimum absolute atomic E-state index is 0.209. The van der Waals surface area contributed by atoms with E-state index in [-0.39, 0.29) is 18.4 Å². The Morgan fingerprint density at radius 3 is 2.50 bits per heavy atom. The highest BCUT2D eigenvalue weighted by Crippen LogP contribution is 2.11. The topological polar surface area (TPSA) is 61.2 Å². The van der Waals surface area contributed by atoms with Gasteiger partial charge in [0, 0.05) is 12.2 Å². The maximum Gasteiger partial charge on any atom is 0.253 e. The first-order chi connectivity index (χ1) is 7.70. The molecule has 0 aromatic heterocycles. The molecule has 1 aliphatic heterocycles. The Morgan fingerprint density at radius 1 is 1.19 bits per heavy atom. The summed E-state index contributed by atoms with van der Waals surface area (Å²) in [6, 6.07) is 8.86. The van der Waals surface area contributed by atoms with Gasteiger partial charge in [0.05, 0.1) is 18.2 Å². The number of carbonyl (C=O) groups excluding carboxylic acids is 2. The van der Waals surface area contributed by atoms with Gasteiger partial charge >= 0.3 is 0 Å². The van der Waals surface area contributed by atoms with Crippen LogP contribution in [0.2, 0.25) is 0 Å². The third-order valence-electron chi connectivity index (χ3n) is 2.30. The van der Waals surface area contributed by atoms with Crippen molar-refractivity contribution in [1.29, 1.82) is 5.26 Å². The van der Waals surface area contributed by atoms with Gasteiger partial charge in [0.1, 0.15) is 0 Å². The molecule has 1 heterocycles. The molecule has 0 N–H and O–H groups in total. The number of imide groups is 1. The molecule has 78 valence electrons. The quantitative estimate of drug-likeness (QED) is 0.686. The summed E-state index contributed by atoms with van der Waals surface area (Å²) < 4.78 is 0. The van der Waals surface area contributed by atoms with Crippen molar-refractivity contribution in [2.45, 2.75) is 6.54 Å². The number of nitrogens with zero attached hydrogens (tertiary/aromatic N) is 2. The molecule has 2 rings (SSSR count). The molecule has 4 nitrogen and oxygen atoms in total. The Hall–Kier alpha value is -2.41. The molecule has 1 aromatic rings. The SMILES string of the molecule is N#Cc1cccc(CN2C(=O)C=CC2=O)c1. The molecule has 4 heteroatoms. The lowest BCUT2D eigenvalue weighted by Gasteiger charge is -2.13. The highest BCUT2D eigenvalue weighted by atomic mass is 16.2. The maximum atomic E-state index is 11.3. The van der Waals surface area contributed by atoms with Crippen LogP contribution in [0.3, 0.4) is 0 Å². The number of rotatable bonds is 2. The second kappa shape index (κ2) is 3.99. The molecule has 0 spiro atoms. The zero-order valence-corrected chi connectivity index (χ0v) is 8.38. The van der Waals surface area contributed by atoms with E-state index >= 15 is 0 Å². The number of carbonyl (C=O) groups is 2. The highest BCUT2D eigenvalue weighted by molar-refractivity contribution is 6.12. The van der Waals surface area contributed by atoms with Crippen molar-refractivity contribution in [3.05, 3.63) is 47.5 Å². The zero-order chi connectivity index (χ0) is 11.5. The van der Waals surface area contributed by atoms with Crippen molar-refractivity contribution in [3.63, 3.8) is 0 Å². The van der Waals surface area contributed by atoms with Crippen LogP contribution >= 0.6 is 0 Å². The van der Waals surface area contributed by atoms with Crippen LogP contribution in [0.25, 0.3) is 0 Å². The van der Waals surface area contributed by atoms with E-state index in [1.165, 1.54) is 12.2 Å². The van der Waals surface area contributed by atoms with Gasteiger partial charge in [-0.15, -0.1) is 0 Å². The smallest absolute Gasteiger partial charge is 0.253 e. The van der Waals surface area contributed by atoms with Gasteiger partial charge in [-0.1, -0.05) is 12.1 Å². The van der Waals surface area contributed by atoms with Crippen LogP contribution in [0, 0.1) is 11.3 Å². The fourth-order valence-corrected chi connectivity index (χ4v) is 1.51. The first kappa shape index (κ1) is 10.1. The van der Waals surface area contributed by atoms with E-state index in [2.05, 4.69) is 0 Å². The third-order valence-corrected chi connectivity index (χ3v) is 2.30. The summed E-state index contributed by atoms with van der Waals surface area (Å²) in [5, 5.41) is 8.72. The lowest BCUT2D eigenvalue weighted by molar-refractivity contribution is -0.137. The Bertz CT molecular complexity index is 508. The van der Waals surface area contributed by atoms with E-state index in [0.29, 0.717) is 5.56 Å². The van der Waals surface area contributed by atoms with Crippen LogP contribution in [-0.2, 0) is 16.1 Å². The van der Waals surface area contributed by atoms with E-state index in [1.54, 1.807) is 24.3 Å². The normalized spacial score (nSPS) is 14.3. The van der Waals surface area contributed by atoms with Gasteiger partial charge < -0.3 is 0 Å². The van der Waals surface area contributed by atoms with Gasteiger partial charge in [-0.3, -0.25) is 14.5 Å². The molecule has 0 radical (unpaired) electrons. The fraction of sp³-hybridized carbons (Fsp3) is 0.0833. The van der Waals surface area contributed by atoms with Crippen molar-refractivity contribution in [1.82, 2.24) is 4.90 Å². The number of amides is 2. The first-order valence-electron chi connectivity index (χ1n) is 4.73. The standard InChI is InChI=1S/C12H8N2O2/c13-7-9-2-1-3-10(6-9)8-14-11(15)4-5-12(14)16/h1-6H,8H2. The van der Waals surface area contributed by atoms with Crippen molar-refractivity contribution < 1.29 is 9.59 Å². The molecule has 0 atom stereocenters. The monoisotopic (exact) mass is 212 g/mol. The summed E-state index contributed by atoms with van der Waals surface area (Å²) in [5.41, 5.74) is 1.29. The Balaban J connectivity index is 2.19. The van der Waals surface area contributed by atoms with E-state index in [9.17, 15) is 9.59 Å². The Kier molecular flexibility index (Phi) is 2.52. The van der Waals surface area contributed by atoms with Gasteiger partial charge in [0.2, 0.25) is 0 Å². The molecule has 16 heavy (non-hydrogen) atoms. The zero-order valence-electron chi connectivity index (χ0n) is 8.38. The average molecular weight is 212 g/mol. The van der Waals surface area contributed by atoms with Crippen LogP contribution in [0.1, 0.15) is 11.1 Å². The largest absolute Gasteiger partial charge is 0.271 e. The number of hydrogen-bond acceptors (Lipinski definition) is 3. The first-order valence-corrected chi connectivity index (χ1v) is 4.73. The highest BCUT2D eigenvalue weighted by Gasteiger charge is 2.23. The van der Waals surface area contributed by atoms with Gasteiger partial charge in [0.15, 0.2) is 0 Å². The Labute approximate surface area is 92.4 Å². The summed E-state index contributed by atoms with van der Waals surface area (Å²) in [4.78, 5) is 23.7. The van der Waals surface area contributed by atoms with Crippen LogP contribution in [0.4, 0.5) is 0 Å². The number of nitriles is 1. The lowest BCUT2D eigenvalue weighted by Crippen LogP contribution is -2.29. The average Bonchev–Trinajstić information content (AvgIpc) is 2.61. The second-order valence-electron chi connectivity index (χ2n) is 3.41. The predicted octanol–water partition coefficient (Wildman–Crippen LogP) is 0.983. The van der Waals surface area contributed by atoms with Gasteiger partial charge in [0.25, 0.3) is 11.8 Å². The van der Waals surface area contributed by atoms with E-state index < -0.39 is 0 Å². The molecular formula is C12H8N2O2. The summed E-state index contributed by atoms with van der Waals surface area (Å²) in [6.07, 6.45) is 2.49. The molecule has 0 aliphatic carbocycles. The molecule has 0 saturated carbocycles. The summed E-state index contributed by atoms with van der Waals surface area (Å²) in [5.74, 6) is -0.625. The van der Waals surface area contributed by atoms with Crippen molar-refractivity contribution in [2.75, 3.05) is 0 Å². The third kappa shape index (κ3) is 1.84. The van der Waals surface area contributed by atoms with Crippen LogP contribution in [-0.4, -0.2) is 16.7 Å². The number of hydrogen-bond donors (Lipinski definition) is 0. The molecule has 0 bridgehead atoms. The lowest BCUT2D eigenvalue weighted by atomic mass is 10.1. The van der Waals surface area contributed by atoms with E-state index in [1.807, 2.05) is 6.07 Å². The van der Waals surface area contributed by atoms with Crippen LogP contribution in [0.15, 0.2) is 36.4 Å². The molecule has 1 aromatic carbocycles. The maximum absolute atomic E-state index is 11.3.